The van der Waals surface area contributed by atoms with Gasteiger partial charge >= 0.3 is 0 Å². The molecule has 0 saturated carbocycles. The van der Waals surface area contributed by atoms with E-state index in [-0.39, 0.29) is 11.5 Å². The zero-order valence-corrected chi connectivity index (χ0v) is 14.9. The molecule has 0 spiro atoms. The molecule has 2 rings (SSSR count). The Kier molecular flexibility index (Phi) is 6.12. The lowest BCUT2D eigenvalue weighted by molar-refractivity contribution is -0.114. The van der Waals surface area contributed by atoms with Crippen LogP contribution < -0.4 is 16.0 Å². The van der Waals surface area contributed by atoms with Gasteiger partial charge in [-0.05, 0) is 61.4 Å². The summed E-state index contributed by atoms with van der Waals surface area (Å²) in [6, 6.07) is 14.3. The number of amides is 2. The Bertz CT molecular complexity index is 893. The van der Waals surface area contributed by atoms with Gasteiger partial charge in [0.25, 0.3) is 5.91 Å². The maximum atomic E-state index is 12.2. The third kappa shape index (κ3) is 5.21. The fraction of sp³-hybridized carbons (Fsp3) is 0.150. The van der Waals surface area contributed by atoms with Crippen molar-refractivity contribution in [1.82, 2.24) is 0 Å². The Hall–Kier alpha value is -3.59. The molecule has 2 aromatic carbocycles. The molecule has 0 unspecified atom stereocenters. The Morgan fingerprint density at radius 1 is 0.923 bits per heavy atom. The zero-order valence-electron chi connectivity index (χ0n) is 14.9. The van der Waals surface area contributed by atoms with Crippen molar-refractivity contribution in [2.24, 2.45) is 0 Å². The molecule has 0 aliphatic rings. The normalized spacial score (nSPS) is 10.6. The van der Waals surface area contributed by atoms with Crippen LogP contribution in [0, 0.1) is 25.2 Å². The van der Waals surface area contributed by atoms with Crippen LogP contribution in [0.25, 0.3) is 0 Å². The topological polar surface area (TPSA) is 94.0 Å². The minimum absolute atomic E-state index is 0.0471. The van der Waals surface area contributed by atoms with Crippen molar-refractivity contribution in [3.05, 3.63) is 65.4 Å². The van der Waals surface area contributed by atoms with Gasteiger partial charge in [-0.3, -0.25) is 9.59 Å². The number of hydrogen-bond donors (Lipinski definition) is 3. The molecule has 0 saturated heterocycles. The Morgan fingerprint density at radius 2 is 1.50 bits per heavy atom. The minimum atomic E-state index is -0.517. The molecule has 0 atom stereocenters. The van der Waals surface area contributed by atoms with Crippen molar-refractivity contribution < 1.29 is 9.59 Å². The molecule has 6 nitrogen and oxygen atoms in total. The first-order valence-corrected chi connectivity index (χ1v) is 8.02. The highest BCUT2D eigenvalue weighted by Gasteiger charge is 2.09. The van der Waals surface area contributed by atoms with Crippen LogP contribution in [-0.2, 0) is 9.59 Å². The van der Waals surface area contributed by atoms with Crippen LogP contribution in [0.3, 0.4) is 0 Å². The first-order chi connectivity index (χ1) is 12.4. The predicted molar refractivity (Wildman–Crippen MR) is 103 cm³/mol. The van der Waals surface area contributed by atoms with Crippen LogP contribution in [0.4, 0.5) is 17.1 Å². The predicted octanol–water partition coefficient (Wildman–Crippen LogP) is 3.72. The summed E-state index contributed by atoms with van der Waals surface area (Å²) in [6.45, 7) is 5.43. The van der Waals surface area contributed by atoms with E-state index in [0.717, 1.165) is 11.3 Å². The summed E-state index contributed by atoms with van der Waals surface area (Å²) < 4.78 is 0. The molecule has 2 amide bonds. The molecule has 0 aromatic heterocycles. The average molecular weight is 348 g/mol. The monoisotopic (exact) mass is 348 g/mol. The lowest BCUT2D eigenvalue weighted by Gasteiger charge is -2.08. The molecule has 0 aliphatic heterocycles. The SMILES string of the molecule is CC(=O)Nc1ccc(NC(=O)/C(C#N)=C\Nc2ccc(C)c(C)c2)cc1. The molecule has 0 heterocycles. The molecule has 2 aromatic rings. The van der Waals surface area contributed by atoms with Gasteiger partial charge < -0.3 is 16.0 Å². The van der Waals surface area contributed by atoms with E-state index in [1.165, 1.54) is 18.7 Å². The zero-order chi connectivity index (χ0) is 19.1. The fourth-order valence-electron chi connectivity index (χ4n) is 2.17. The molecule has 6 heteroatoms. The Labute approximate surface area is 152 Å². The third-order valence-electron chi connectivity index (χ3n) is 3.72. The summed E-state index contributed by atoms with van der Waals surface area (Å²) in [5.74, 6) is -0.690. The number of nitriles is 1. The summed E-state index contributed by atoms with van der Waals surface area (Å²) in [7, 11) is 0. The van der Waals surface area contributed by atoms with Gasteiger partial charge in [0, 0.05) is 30.2 Å². The van der Waals surface area contributed by atoms with Crippen LogP contribution in [-0.4, -0.2) is 11.8 Å². The summed E-state index contributed by atoms with van der Waals surface area (Å²) in [5.41, 5.74) is 4.19. The standard InChI is InChI=1S/C20H20N4O2/c1-13-4-5-19(10-14(13)2)22-12-16(11-21)20(26)24-18-8-6-17(7-9-18)23-15(3)25/h4-10,12,22H,1-3H3,(H,23,25)(H,24,26)/b16-12-. The molecule has 132 valence electrons. The lowest BCUT2D eigenvalue weighted by Crippen LogP contribution is -2.14. The number of aryl methyl sites for hydroxylation is 2. The summed E-state index contributed by atoms with van der Waals surface area (Å²) in [4.78, 5) is 23.2. The van der Waals surface area contributed by atoms with Gasteiger partial charge in [0.15, 0.2) is 0 Å². The van der Waals surface area contributed by atoms with Crippen molar-refractivity contribution in [2.75, 3.05) is 16.0 Å². The highest BCUT2D eigenvalue weighted by Crippen LogP contribution is 2.16. The lowest BCUT2D eigenvalue weighted by atomic mass is 10.1. The van der Waals surface area contributed by atoms with E-state index in [1.807, 2.05) is 38.1 Å². The smallest absolute Gasteiger partial charge is 0.267 e. The minimum Gasteiger partial charge on any atom is -0.360 e. The molecule has 0 radical (unpaired) electrons. The number of rotatable bonds is 5. The van der Waals surface area contributed by atoms with E-state index >= 15 is 0 Å². The number of benzene rings is 2. The molecule has 26 heavy (non-hydrogen) atoms. The maximum Gasteiger partial charge on any atom is 0.267 e. The van der Waals surface area contributed by atoms with E-state index in [0.29, 0.717) is 11.4 Å². The molecular formula is C20H20N4O2. The van der Waals surface area contributed by atoms with Gasteiger partial charge in [-0.1, -0.05) is 6.07 Å². The van der Waals surface area contributed by atoms with Crippen LogP contribution in [0.1, 0.15) is 18.1 Å². The number of nitrogens with zero attached hydrogens (tertiary/aromatic N) is 1. The van der Waals surface area contributed by atoms with E-state index in [2.05, 4.69) is 16.0 Å². The van der Waals surface area contributed by atoms with Gasteiger partial charge in [-0.2, -0.15) is 5.26 Å². The Balaban J connectivity index is 2.04. The second-order valence-electron chi connectivity index (χ2n) is 5.83. The summed E-state index contributed by atoms with van der Waals surface area (Å²) in [6.07, 6.45) is 1.38. The Morgan fingerprint density at radius 3 is 2.04 bits per heavy atom. The van der Waals surface area contributed by atoms with Crippen LogP contribution in [0.5, 0.6) is 0 Å². The van der Waals surface area contributed by atoms with Crippen molar-refractivity contribution in [3.8, 4) is 6.07 Å². The van der Waals surface area contributed by atoms with Crippen LogP contribution >= 0.6 is 0 Å². The quantitative estimate of drug-likeness (QED) is 0.567. The second kappa shape index (κ2) is 8.49. The first kappa shape index (κ1) is 18.7. The van der Waals surface area contributed by atoms with Gasteiger partial charge in [0.1, 0.15) is 11.6 Å². The van der Waals surface area contributed by atoms with E-state index < -0.39 is 5.91 Å². The maximum absolute atomic E-state index is 12.2. The number of carbonyl (C=O) groups excluding carboxylic acids is 2. The molecule has 3 N–H and O–H groups in total. The summed E-state index contributed by atoms with van der Waals surface area (Å²) >= 11 is 0. The van der Waals surface area contributed by atoms with Gasteiger partial charge in [-0.15, -0.1) is 0 Å². The summed E-state index contributed by atoms with van der Waals surface area (Å²) in [5, 5.41) is 17.5. The van der Waals surface area contributed by atoms with E-state index in [4.69, 9.17) is 0 Å². The second-order valence-corrected chi connectivity index (χ2v) is 5.83. The third-order valence-corrected chi connectivity index (χ3v) is 3.72. The highest BCUT2D eigenvalue weighted by atomic mass is 16.2. The fourth-order valence-corrected chi connectivity index (χ4v) is 2.17. The molecule has 0 bridgehead atoms. The molecular weight excluding hydrogens is 328 g/mol. The van der Waals surface area contributed by atoms with E-state index in [1.54, 1.807) is 24.3 Å². The number of nitrogens with one attached hydrogen (secondary N) is 3. The number of anilines is 3. The largest absolute Gasteiger partial charge is 0.360 e. The van der Waals surface area contributed by atoms with Gasteiger partial charge in [0.2, 0.25) is 5.91 Å². The average Bonchev–Trinajstić information content (AvgIpc) is 2.60. The van der Waals surface area contributed by atoms with Crippen molar-refractivity contribution in [3.63, 3.8) is 0 Å². The van der Waals surface area contributed by atoms with Crippen LogP contribution in [0.15, 0.2) is 54.2 Å². The van der Waals surface area contributed by atoms with Gasteiger partial charge in [-0.25, -0.2) is 0 Å². The molecule has 0 fully saturated rings. The first-order valence-electron chi connectivity index (χ1n) is 8.02. The van der Waals surface area contributed by atoms with Crippen LogP contribution in [0.2, 0.25) is 0 Å². The van der Waals surface area contributed by atoms with Gasteiger partial charge in [0.05, 0.1) is 0 Å². The van der Waals surface area contributed by atoms with Crippen molar-refractivity contribution in [2.45, 2.75) is 20.8 Å². The van der Waals surface area contributed by atoms with Crippen molar-refractivity contribution >= 4 is 28.9 Å². The van der Waals surface area contributed by atoms with E-state index in [9.17, 15) is 14.9 Å². The van der Waals surface area contributed by atoms with Crippen molar-refractivity contribution in [1.29, 1.82) is 5.26 Å². The molecule has 0 aliphatic carbocycles. The highest BCUT2D eigenvalue weighted by molar-refractivity contribution is 6.06. The number of hydrogen-bond acceptors (Lipinski definition) is 4. The number of carbonyl (C=O) groups is 2.